The Labute approximate surface area is 224 Å². The van der Waals surface area contributed by atoms with E-state index in [0.717, 1.165) is 15.8 Å². The van der Waals surface area contributed by atoms with Gasteiger partial charge >= 0.3 is 0 Å². The Bertz CT molecular complexity index is 1660. The van der Waals surface area contributed by atoms with Crippen LogP contribution in [0.15, 0.2) is 108 Å². The smallest absolute Gasteiger partial charge is 0.264 e. The number of nitrogens with zero attached hydrogens (tertiary/aromatic N) is 3. The first-order valence-electron chi connectivity index (χ1n) is 11.4. The van der Waals surface area contributed by atoms with Crippen LogP contribution >= 0.6 is 22.9 Å². The SMILES string of the molecule is CN(c1ccccc1)S(=O)(=O)c1ccc(C(=O)N(Cc2ccccc2)c2nc3ccc(Cl)cc3s2)cc1. The van der Waals surface area contributed by atoms with Crippen LogP contribution in [0.4, 0.5) is 10.8 Å². The van der Waals surface area contributed by atoms with E-state index in [2.05, 4.69) is 4.98 Å². The number of amides is 1. The molecule has 0 radical (unpaired) electrons. The molecule has 0 N–H and O–H groups in total. The van der Waals surface area contributed by atoms with Gasteiger partial charge in [-0.25, -0.2) is 13.4 Å². The quantitative estimate of drug-likeness (QED) is 0.229. The van der Waals surface area contributed by atoms with Gasteiger partial charge in [-0.2, -0.15) is 0 Å². The first-order chi connectivity index (χ1) is 17.8. The molecule has 186 valence electrons. The minimum atomic E-state index is -3.79. The van der Waals surface area contributed by atoms with E-state index < -0.39 is 10.0 Å². The Morgan fingerprint density at radius 3 is 2.22 bits per heavy atom. The van der Waals surface area contributed by atoms with Gasteiger partial charge in [0.1, 0.15) is 0 Å². The highest BCUT2D eigenvalue weighted by molar-refractivity contribution is 7.92. The molecule has 0 saturated heterocycles. The Hall–Kier alpha value is -3.72. The number of sulfonamides is 1. The maximum absolute atomic E-state index is 13.7. The highest BCUT2D eigenvalue weighted by atomic mass is 35.5. The van der Waals surface area contributed by atoms with Gasteiger partial charge in [0.2, 0.25) is 0 Å². The van der Waals surface area contributed by atoms with Crippen LogP contribution < -0.4 is 9.21 Å². The number of hydrogen-bond acceptors (Lipinski definition) is 5. The molecule has 0 aliphatic rings. The van der Waals surface area contributed by atoms with E-state index in [0.29, 0.717) is 27.9 Å². The fraction of sp³-hybridized carbons (Fsp3) is 0.0714. The molecule has 6 nitrogen and oxygen atoms in total. The monoisotopic (exact) mass is 547 g/mol. The molecule has 1 heterocycles. The zero-order valence-electron chi connectivity index (χ0n) is 19.8. The van der Waals surface area contributed by atoms with Crippen LogP contribution in [0, 0.1) is 0 Å². The van der Waals surface area contributed by atoms with Crippen LogP contribution in [0.3, 0.4) is 0 Å². The molecule has 5 rings (SSSR count). The maximum atomic E-state index is 13.7. The van der Waals surface area contributed by atoms with Gasteiger partial charge in [-0.05, 0) is 60.2 Å². The molecule has 4 aromatic carbocycles. The molecule has 37 heavy (non-hydrogen) atoms. The van der Waals surface area contributed by atoms with Gasteiger partial charge in [0.05, 0.1) is 27.3 Å². The number of benzene rings is 4. The van der Waals surface area contributed by atoms with E-state index in [9.17, 15) is 13.2 Å². The fourth-order valence-corrected chi connectivity index (χ4v) is 6.29. The van der Waals surface area contributed by atoms with Crippen LogP contribution in [0.25, 0.3) is 10.2 Å². The summed E-state index contributed by atoms with van der Waals surface area (Å²) in [6.45, 7) is 0.310. The van der Waals surface area contributed by atoms with E-state index in [1.807, 2.05) is 48.5 Å². The molecule has 1 aromatic heterocycles. The van der Waals surface area contributed by atoms with Gasteiger partial charge in [-0.3, -0.25) is 14.0 Å². The van der Waals surface area contributed by atoms with Crippen molar-refractivity contribution in [2.45, 2.75) is 11.4 Å². The van der Waals surface area contributed by atoms with Crippen molar-refractivity contribution in [2.24, 2.45) is 0 Å². The first kappa shape index (κ1) is 25.0. The number of fused-ring (bicyclic) bond motifs is 1. The van der Waals surface area contributed by atoms with E-state index in [-0.39, 0.29) is 10.8 Å². The minimum absolute atomic E-state index is 0.0969. The number of aromatic nitrogens is 1. The summed E-state index contributed by atoms with van der Waals surface area (Å²) in [6, 6.07) is 29.9. The second kappa shape index (κ2) is 10.3. The van der Waals surface area contributed by atoms with Crippen molar-refractivity contribution < 1.29 is 13.2 Å². The second-order valence-corrected chi connectivity index (χ2v) is 11.7. The van der Waals surface area contributed by atoms with Gasteiger partial charge in [0.25, 0.3) is 15.9 Å². The topological polar surface area (TPSA) is 70.6 Å². The molecule has 9 heteroatoms. The largest absolute Gasteiger partial charge is 0.279 e. The summed E-state index contributed by atoms with van der Waals surface area (Å²) in [5, 5.41) is 1.13. The lowest BCUT2D eigenvalue weighted by Gasteiger charge is -2.21. The third-order valence-electron chi connectivity index (χ3n) is 5.88. The highest BCUT2D eigenvalue weighted by Crippen LogP contribution is 2.32. The zero-order valence-corrected chi connectivity index (χ0v) is 22.2. The molecule has 0 bridgehead atoms. The lowest BCUT2D eigenvalue weighted by molar-refractivity contribution is 0.0985. The molecular formula is C28H22ClN3O3S2. The van der Waals surface area contributed by atoms with E-state index in [1.54, 1.807) is 35.2 Å². The standard InChI is InChI=1S/C28H22ClN3O3S2/c1-31(23-10-6-3-7-11-23)37(34,35)24-15-12-21(13-16-24)27(33)32(19-20-8-4-2-5-9-20)28-30-25-17-14-22(29)18-26(25)36-28/h2-18H,19H2,1H3. The molecule has 0 unspecified atom stereocenters. The van der Waals surface area contributed by atoms with Gasteiger partial charge in [0.15, 0.2) is 5.13 Å². The number of rotatable bonds is 7. The third kappa shape index (κ3) is 5.22. The summed E-state index contributed by atoms with van der Waals surface area (Å²) >= 11 is 7.53. The molecule has 0 aliphatic carbocycles. The van der Waals surface area contributed by atoms with E-state index in [1.165, 1.54) is 47.0 Å². The van der Waals surface area contributed by atoms with Crippen LogP contribution in [0.2, 0.25) is 5.02 Å². The average molecular weight is 548 g/mol. The zero-order chi connectivity index (χ0) is 26.0. The van der Waals surface area contributed by atoms with Crippen molar-refractivity contribution >= 4 is 59.9 Å². The van der Waals surface area contributed by atoms with Gasteiger partial charge in [0, 0.05) is 17.6 Å². The second-order valence-electron chi connectivity index (χ2n) is 8.32. The summed E-state index contributed by atoms with van der Waals surface area (Å²) in [5.41, 5.74) is 2.60. The summed E-state index contributed by atoms with van der Waals surface area (Å²) in [7, 11) is -2.29. The molecule has 5 aromatic rings. The number of thiazole rings is 1. The number of carbonyl (C=O) groups excluding carboxylic acids is 1. The lowest BCUT2D eigenvalue weighted by atomic mass is 10.1. The van der Waals surface area contributed by atoms with Crippen molar-refractivity contribution in [1.29, 1.82) is 0 Å². The van der Waals surface area contributed by atoms with E-state index >= 15 is 0 Å². The summed E-state index contributed by atoms with van der Waals surface area (Å²) in [6.07, 6.45) is 0. The van der Waals surface area contributed by atoms with Crippen molar-refractivity contribution in [2.75, 3.05) is 16.3 Å². The predicted octanol–water partition coefficient (Wildman–Crippen LogP) is 6.62. The van der Waals surface area contributed by atoms with Gasteiger partial charge in [-0.15, -0.1) is 0 Å². The molecule has 0 aliphatic heterocycles. The van der Waals surface area contributed by atoms with Crippen molar-refractivity contribution in [3.63, 3.8) is 0 Å². The van der Waals surface area contributed by atoms with Crippen LogP contribution in [-0.2, 0) is 16.6 Å². The summed E-state index contributed by atoms with van der Waals surface area (Å²) in [5.74, 6) is -0.283. The summed E-state index contributed by atoms with van der Waals surface area (Å²) in [4.78, 5) is 20.1. The van der Waals surface area contributed by atoms with Crippen molar-refractivity contribution in [3.8, 4) is 0 Å². The molecule has 0 saturated carbocycles. The molecule has 0 spiro atoms. The normalized spacial score (nSPS) is 11.4. The Kier molecular flexibility index (Phi) is 6.97. The molecular weight excluding hydrogens is 526 g/mol. The van der Waals surface area contributed by atoms with Crippen LogP contribution in [-0.4, -0.2) is 26.4 Å². The average Bonchev–Trinajstić information content (AvgIpc) is 3.35. The van der Waals surface area contributed by atoms with Crippen LogP contribution in [0.1, 0.15) is 15.9 Å². The highest BCUT2D eigenvalue weighted by Gasteiger charge is 2.25. The minimum Gasteiger partial charge on any atom is -0.279 e. The Balaban J connectivity index is 1.47. The summed E-state index contributed by atoms with van der Waals surface area (Å²) < 4.78 is 28.4. The molecule has 0 fully saturated rings. The number of halogens is 1. The van der Waals surface area contributed by atoms with Crippen molar-refractivity contribution in [1.82, 2.24) is 4.98 Å². The first-order valence-corrected chi connectivity index (χ1v) is 14.0. The molecule has 0 atom stereocenters. The van der Waals surface area contributed by atoms with Crippen molar-refractivity contribution in [3.05, 3.63) is 119 Å². The number of carbonyl (C=O) groups is 1. The van der Waals surface area contributed by atoms with Crippen LogP contribution in [0.5, 0.6) is 0 Å². The number of para-hydroxylation sites is 1. The molecule has 1 amide bonds. The Morgan fingerprint density at radius 2 is 1.54 bits per heavy atom. The van der Waals surface area contributed by atoms with Gasteiger partial charge < -0.3 is 0 Å². The maximum Gasteiger partial charge on any atom is 0.264 e. The Morgan fingerprint density at radius 1 is 0.892 bits per heavy atom. The third-order valence-corrected chi connectivity index (χ3v) is 8.95. The predicted molar refractivity (Wildman–Crippen MR) is 150 cm³/mol. The number of hydrogen-bond donors (Lipinski definition) is 0. The lowest BCUT2D eigenvalue weighted by Crippen LogP contribution is -2.30. The van der Waals surface area contributed by atoms with Gasteiger partial charge in [-0.1, -0.05) is 71.5 Å². The van der Waals surface area contributed by atoms with E-state index in [4.69, 9.17) is 11.6 Å². The number of anilines is 2. The fourth-order valence-electron chi connectivity index (χ4n) is 3.85.